The number of rotatable bonds is 9. The third-order valence-corrected chi connectivity index (χ3v) is 6.18. The Balaban J connectivity index is 2.04. The van der Waals surface area contributed by atoms with Crippen molar-refractivity contribution in [3.8, 4) is 0 Å². The van der Waals surface area contributed by atoms with Crippen LogP contribution in [0.2, 0.25) is 0 Å². The number of hydrogen-bond acceptors (Lipinski definition) is 5. The molecule has 0 radical (unpaired) electrons. The van der Waals surface area contributed by atoms with E-state index in [-0.39, 0.29) is 6.04 Å². The van der Waals surface area contributed by atoms with Gasteiger partial charge in [0, 0.05) is 6.04 Å². The van der Waals surface area contributed by atoms with E-state index >= 15 is 0 Å². The summed E-state index contributed by atoms with van der Waals surface area (Å²) < 4.78 is 70.7. The highest BCUT2D eigenvalue weighted by atomic mass is 32.2. The molecule has 1 aliphatic carbocycles. The van der Waals surface area contributed by atoms with Crippen LogP contribution in [0.4, 0.5) is 13.2 Å². The highest BCUT2D eigenvalue weighted by Crippen LogP contribution is 2.32. The maximum atomic E-state index is 12.9. The van der Waals surface area contributed by atoms with Crippen LogP contribution in [-0.2, 0) is 30.5 Å². The summed E-state index contributed by atoms with van der Waals surface area (Å²) in [5.74, 6) is -1.67. The molecule has 0 aromatic heterocycles. The first-order chi connectivity index (χ1) is 13.8. The minimum absolute atomic E-state index is 0.0449. The number of esters is 1. The topological polar surface area (TPSA) is 102 Å². The van der Waals surface area contributed by atoms with Crippen LogP contribution >= 0.6 is 0 Å². The maximum Gasteiger partial charge on any atom is 0.416 e. The van der Waals surface area contributed by atoms with Gasteiger partial charge in [-0.15, -0.1) is 0 Å². The molecule has 2 atom stereocenters. The van der Waals surface area contributed by atoms with Crippen LogP contribution in [0.25, 0.3) is 0 Å². The van der Waals surface area contributed by atoms with Gasteiger partial charge >= 0.3 is 12.1 Å². The van der Waals surface area contributed by atoms with Crippen LogP contribution in [0.1, 0.15) is 39.2 Å². The quantitative estimate of drug-likeness (QED) is 0.563. The zero-order valence-corrected chi connectivity index (χ0v) is 17.6. The van der Waals surface area contributed by atoms with E-state index in [1.54, 1.807) is 0 Å². The monoisotopic (exact) mass is 450 g/mol. The van der Waals surface area contributed by atoms with Crippen molar-refractivity contribution in [2.45, 2.75) is 56.8 Å². The molecule has 30 heavy (non-hydrogen) atoms. The lowest BCUT2D eigenvalue weighted by molar-refractivity contribution is -0.151. The molecule has 1 amide bonds. The zero-order chi connectivity index (χ0) is 22.7. The fourth-order valence-corrected chi connectivity index (χ4v) is 4.15. The molecule has 0 spiro atoms. The second-order valence-corrected chi connectivity index (χ2v) is 9.38. The molecule has 168 valence electrons. The first kappa shape index (κ1) is 24.1. The first-order valence-corrected chi connectivity index (χ1v) is 10.9. The smallest absolute Gasteiger partial charge is 0.416 e. The van der Waals surface area contributed by atoms with Crippen LogP contribution in [0, 0.1) is 11.8 Å². The molecule has 7 nitrogen and oxygen atoms in total. The Kier molecular flexibility index (Phi) is 7.51. The van der Waals surface area contributed by atoms with Crippen LogP contribution < -0.4 is 10.0 Å². The second kappa shape index (κ2) is 9.34. The van der Waals surface area contributed by atoms with E-state index in [0.717, 1.165) is 31.0 Å². The number of benzene rings is 1. The Morgan fingerprint density at radius 3 is 2.37 bits per heavy atom. The molecule has 0 aliphatic heterocycles. The predicted molar refractivity (Wildman–Crippen MR) is 102 cm³/mol. The number of carbonyl (C=O) groups excluding carboxylic acids is 2. The van der Waals surface area contributed by atoms with Gasteiger partial charge in [0.25, 0.3) is 5.91 Å². The standard InChI is InChI=1S/C19H25F3N2O5S/c1-11(2)17(18(26)29-10-16(25)23-12(3)13-7-8-13)24-30(27,28)15-6-4-5-14(9-15)19(20,21)22/h4-6,9,11-13,17,24H,7-8,10H2,1-3H3,(H,23,25)/t12-,17+/m1/s1. The van der Waals surface area contributed by atoms with Crippen molar-refractivity contribution in [2.75, 3.05) is 6.61 Å². The van der Waals surface area contributed by atoms with Gasteiger partial charge in [-0.3, -0.25) is 9.59 Å². The summed E-state index contributed by atoms with van der Waals surface area (Å²) in [6.45, 7) is 4.34. The fraction of sp³-hybridized carbons (Fsp3) is 0.579. The van der Waals surface area contributed by atoms with Gasteiger partial charge in [-0.25, -0.2) is 8.42 Å². The van der Waals surface area contributed by atoms with E-state index in [9.17, 15) is 31.2 Å². The number of halogens is 3. The normalized spacial score (nSPS) is 16.8. The molecule has 2 N–H and O–H groups in total. The number of alkyl halides is 3. The average Bonchev–Trinajstić information content (AvgIpc) is 3.48. The van der Waals surface area contributed by atoms with Gasteiger partial charge in [-0.05, 0) is 49.8 Å². The summed E-state index contributed by atoms with van der Waals surface area (Å²) >= 11 is 0. The summed E-state index contributed by atoms with van der Waals surface area (Å²) in [4.78, 5) is 23.6. The minimum Gasteiger partial charge on any atom is -0.454 e. The van der Waals surface area contributed by atoms with Crippen molar-refractivity contribution in [3.05, 3.63) is 29.8 Å². The number of sulfonamides is 1. The Morgan fingerprint density at radius 2 is 1.83 bits per heavy atom. The Labute approximate surface area is 173 Å². The molecule has 0 saturated heterocycles. The molecule has 1 saturated carbocycles. The SMILES string of the molecule is CC(C)[C@H](NS(=O)(=O)c1cccc(C(F)(F)F)c1)C(=O)OCC(=O)N[C@H](C)C1CC1. The predicted octanol–water partition coefficient (Wildman–Crippen LogP) is 2.47. The number of amides is 1. The van der Waals surface area contributed by atoms with Gasteiger partial charge < -0.3 is 10.1 Å². The molecule has 1 fully saturated rings. The van der Waals surface area contributed by atoms with Crippen molar-refractivity contribution in [3.63, 3.8) is 0 Å². The second-order valence-electron chi connectivity index (χ2n) is 7.67. The third kappa shape index (κ3) is 6.69. The number of ether oxygens (including phenoxy) is 1. The number of hydrogen-bond donors (Lipinski definition) is 2. The van der Waals surface area contributed by atoms with Gasteiger partial charge in [-0.1, -0.05) is 19.9 Å². The molecule has 2 rings (SSSR count). The highest BCUT2D eigenvalue weighted by Gasteiger charge is 2.34. The summed E-state index contributed by atoms with van der Waals surface area (Å²) in [6, 6.07) is 1.76. The molecule has 11 heteroatoms. The Bertz CT molecular complexity index is 882. The lowest BCUT2D eigenvalue weighted by Crippen LogP contribution is -2.46. The van der Waals surface area contributed by atoms with Crippen LogP contribution in [-0.4, -0.2) is 39.0 Å². The van der Waals surface area contributed by atoms with Crippen molar-refractivity contribution >= 4 is 21.9 Å². The lowest BCUT2D eigenvalue weighted by Gasteiger charge is -2.21. The molecule has 0 heterocycles. The van der Waals surface area contributed by atoms with E-state index in [4.69, 9.17) is 4.74 Å². The summed E-state index contributed by atoms with van der Waals surface area (Å²) in [7, 11) is -4.44. The van der Waals surface area contributed by atoms with Gasteiger partial charge in [0.1, 0.15) is 6.04 Å². The van der Waals surface area contributed by atoms with Crippen LogP contribution in [0.15, 0.2) is 29.2 Å². The van der Waals surface area contributed by atoms with E-state index in [2.05, 4.69) is 10.0 Å². The minimum atomic E-state index is -4.72. The Hall–Kier alpha value is -2.14. The number of carbonyl (C=O) groups is 2. The Morgan fingerprint density at radius 1 is 1.20 bits per heavy atom. The van der Waals surface area contributed by atoms with E-state index in [0.29, 0.717) is 12.0 Å². The highest BCUT2D eigenvalue weighted by molar-refractivity contribution is 7.89. The van der Waals surface area contributed by atoms with E-state index in [1.807, 2.05) is 6.92 Å². The van der Waals surface area contributed by atoms with Gasteiger partial charge in [0.15, 0.2) is 6.61 Å². The third-order valence-electron chi connectivity index (χ3n) is 4.74. The molecule has 1 aromatic carbocycles. The molecular weight excluding hydrogens is 425 g/mol. The largest absolute Gasteiger partial charge is 0.454 e. The van der Waals surface area contributed by atoms with Crippen LogP contribution in [0.3, 0.4) is 0 Å². The summed E-state index contributed by atoms with van der Waals surface area (Å²) in [5, 5.41) is 2.70. The summed E-state index contributed by atoms with van der Waals surface area (Å²) in [5.41, 5.74) is -1.13. The average molecular weight is 450 g/mol. The molecule has 0 unspecified atom stereocenters. The summed E-state index contributed by atoms with van der Waals surface area (Å²) in [6.07, 6.45) is -2.67. The van der Waals surface area contributed by atoms with E-state index in [1.165, 1.54) is 13.8 Å². The van der Waals surface area contributed by atoms with E-state index < -0.39 is 57.1 Å². The van der Waals surface area contributed by atoms with Crippen molar-refractivity contribution in [2.24, 2.45) is 11.8 Å². The molecule has 0 bridgehead atoms. The zero-order valence-electron chi connectivity index (χ0n) is 16.8. The van der Waals surface area contributed by atoms with Crippen LogP contribution in [0.5, 0.6) is 0 Å². The van der Waals surface area contributed by atoms with Gasteiger partial charge in [0.2, 0.25) is 10.0 Å². The molecule has 1 aromatic rings. The fourth-order valence-electron chi connectivity index (χ4n) is 2.77. The molecular formula is C19H25F3N2O5S. The van der Waals surface area contributed by atoms with Crippen molar-refractivity contribution in [1.82, 2.24) is 10.0 Å². The first-order valence-electron chi connectivity index (χ1n) is 9.47. The lowest BCUT2D eigenvalue weighted by atomic mass is 10.1. The van der Waals surface area contributed by atoms with Gasteiger partial charge in [0.05, 0.1) is 10.5 Å². The maximum absolute atomic E-state index is 12.9. The number of nitrogens with one attached hydrogen (secondary N) is 2. The van der Waals surface area contributed by atoms with Crippen molar-refractivity contribution in [1.29, 1.82) is 0 Å². The van der Waals surface area contributed by atoms with Crippen molar-refractivity contribution < 1.29 is 35.9 Å². The molecule has 1 aliphatic rings. The van der Waals surface area contributed by atoms with Gasteiger partial charge in [-0.2, -0.15) is 17.9 Å².